The van der Waals surface area contributed by atoms with E-state index in [0.717, 1.165) is 0 Å². The summed E-state index contributed by atoms with van der Waals surface area (Å²) in [6, 6.07) is 15.1. The molecule has 0 unspecified atom stereocenters. The molecule has 0 atom stereocenters. The van der Waals surface area contributed by atoms with E-state index in [1.807, 2.05) is 12.3 Å². The van der Waals surface area contributed by atoms with Crippen molar-refractivity contribution in [1.29, 1.82) is 0 Å². The van der Waals surface area contributed by atoms with Gasteiger partial charge in [-0.2, -0.15) is 4.37 Å². The van der Waals surface area contributed by atoms with E-state index < -0.39 is 0 Å². The van der Waals surface area contributed by atoms with E-state index in [0.29, 0.717) is 0 Å². The standard InChI is InChI=1S/C17H17NS/c1-17(2,3)14-9-13-11-18-19-16(15(13)10-14)12-7-5-4-6-8-12/h4-11H,1-3H3. The van der Waals surface area contributed by atoms with Crippen molar-refractivity contribution >= 4 is 11.5 Å². The molecule has 3 rings (SSSR count). The van der Waals surface area contributed by atoms with Crippen molar-refractivity contribution in [2.45, 2.75) is 26.2 Å². The van der Waals surface area contributed by atoms with Gasteiger partial charge in [0.2, 0.25) is 0 Å². The van der Waals surface area contributed by atoms with Gasteiger partial charge in [-0.15, -0.1) is 0 Å². The molecular weight excluding hydrogens is 250 g/mol. The van der Waals surface area contributed by atoms with Gasteiger partial charge < -0.3 is 0 Å². The maximum Gasteiger partial charge on any atom is 0.0613 e. The molecule has 0 spiro atoms. The lowest BCUT2D eigenvalue weighted by Gasteiger charge is -2.16. The molecule has 0 amide bonds. The van der Waals surface area contributed by atoms with Crippen molar-refractivity contribution in [3.8, 4) is 21.6 Å². The minimum absolute atomic E-state index is 0.178. The molecule has 1 aromatic carbocycles. The second-order valence-electron chi connectivity index (χ2n) is 5.88. The lowest BCUT2D eigenvalue weighted by molar-refractivity contribution is 0.592. The van der Waals surface area contributed by atoms with Gasteiger partial charge in [-0.1, -0.05) is 51.1 Å². The van der Waals surface area contributed by atoms with Crippen LogP contribution < -0.4 is 0 Å². The van der Waals surface area contributed by atoms with Crippen LogP contribution in [0, 0.1) is 0 Å². The van der Waals surface area contributed by atoms with Gasteiger partial charge in [0, 0.05) is 17.3 Å². The number of rotatable bonds is 1. The summed E-state index contributed by atoms with van der Waals surface area (Å²) < 4.78 is 4.43. The lowest BCUT2D eigenvalue weighted by Crippen LogP contribution is -2.08. The van der Waals surface area contributed by atoms with Gasteiger partial charge in [-0.25, -0.2) is 0 Å². The highest BCUT2D eigenvalue weighted by Gasteiger charge is 2.20. The van der Waals surface area contributed by atoms with Gasteiger partial charge >= 0.3 is 0 Å². The average Bonchev–Trinajstić information content (AvgIpc) is 2.83. The Kier molecular flexibility index (Phi) is 2.90. The molecule has 2 aliphatic rings. The third kappa shape index (κ3) is 2.28. The summed E-state index contributed by atoms with van der Waals surface area (Å²) >= 11 is 1.57. The molecular formula is C17H17NS. The molecule has 0 saturated heterocycles. The Morgan fingerprint density at radius 2 is 1.68 bits per heavy atom. The molecule has 0 radical (unpaired) electrons. The molecule has 1 aliphatic heterocycles. The molecule has 0 aromatic heterocycles. The van der Waals surface area contributed by atoms with Gasteiger partial charge in [0.05, 0.1) is 4.88 Å². The Hall–Kier alpha value is -1.67. The predicted octanol–water partition coefficient (Wildman–Crippen LogP) is 5.21. The minimum atomic E-state index is 0.178. The van der Waals surface area contributed by atoms with Crippen molar-refractivity contribution in [2.24, 2.45) is 0 Å². The van der Waals surface area contributed by atoms with Crippen LogP contribution in [0.5, 0.6) is 0 Å². The van der Waals surface area contributed by atoms with Crippen LogP contribution in [0.25, 0.3) is 21.6 Å². The van der Waals surface area contributed by atoms with E-state index in [9.17, 15) is 0 Å². The first kappa shape index (κ1) is 12.4. The number of nitrogens with zero attached hydrogens (tertiary/aromatic N) is 1. The van der Waals surface area contributed by atoms with Gasteiger partial charge in [0.1, 0.15) is 0 Å². The van der Waals surface area contributed by atoms with Gasteiger partial charge in [-0.05, 0) is 40.2 Å². The largest absolute Gasteiger partial charge is 0.200 e. The molecule has 1 aromatic rings. The van der Waals surface area contributed by atoms with E-state index in [1.54, 1.807) is 11.5 Å². The first-order valence-corrected chi connectivity index (χ1v) is 7.27. The second kappa shape index (κ2) is 4.46. The van der Waals surface area contributed by atoms with Gasteiger partial charge in [0.25, 0.3) is 0 Å². The van der Waals surface area contributed by atoms with Crippen LogP contribution in [-0.2, 0) is 5.41 Å². The fourth-order valence-corrected chi connectivity index (χ4v) is 3.03. The topological polar surface area (TPSA) is 12.9 Å². The number of benzene rings is 1. The Bertz CT molecular complexity index is 662. The summed E-state index contributed by atoms with van der Waals surface area (Å²) in [5.74, 6) is 0. The third-order valence-corrected chi connectivity index (χ3v) is 4.25. The van der Waals surface area contributed by atoms with Crippen LogP contribution in [0.4, 0.5) is 0 Å². The zero-order valence-corrected chi connectivity index (χ0v) is 12.3. The van der Waals surface area contributed by atoms with Gasteiger partial charge in [-0.3, -0.25) is 0 Å². The average molecular weight is 267 g/mol. The summed E-state index contributed by atoms with van der Waals surface area (Å²) in [4.78, 5) is 1.26. The predicted molar refractivity (Wildman–Crippen MR) is 82.9 cm³/mol. The number of hydrogen-bond acceptors (Lipinski definition) is 2. The number of fused-ring (bicyclic) bond motifs is 1. The Labute approximate surface area is 118 Å². The molecule has 19 heavy (non-hydrogen) atoms. The summed E-state index contributed by atoms with van der Waals surface area (Å²) in [7, 11) is 0. The smallest absolute Gasteiger partial charge is 0.0613 e. The molecule has 1 aliphatic carbocycles. The zero-order chi connectivity index (χ0) is 13.5. The van der Waals surface area contributed by atoms with Crippen molar-refractivity contribution in [3.05, 3.63) is 54.2 Å². The summed E-state index contributed by atoms with van der Waals surface area (Å²) in [5.41, 5.74) is 5.35. The highest BCUT2D eigenvalue weighted by Crippen LogP contribution is 2.40. The fraction of sp³-hybridized carbons (Fsp3) is 0.235. The first-order chi connectivity index (χ1) is 9.05. The van der Waals surface area contributed by atoms with E-state index in [1.165, 1.54) is 27.1 Å². The second-order valence-corrected chi connectivity index (χ2v) is 6.69. The van der Waals surface area contributed by atoms with Gasteiger partial charge in [0.15, 0.2) is 0 Å². The summed E-state index contributed by atoms with van der Waals surface area (Å²) in [5, 5.41) is 0. The monoisotopic (exact) mass is 267 g/mol. The van der Waals surface area contributed by atoms with Crippen molar-refractivity contribution in [1.82, 2.24) is 4.37 Å². The number of hydrogen-bond donors (Lipinski definition) is 0. The van der Waals surface area contributed by atoms with E-state index >= 15 is 0 Å². The first-order valence-electron chi connectivity index (χ1n) is 6.50. The van der Waals surface area contributed by atoms with E-state index in [-0.39, 0.29) is 5.41 Å². The maximum atomic E-state index is 4.43. The molecule has 0 bridgehead atoms. The molecule has 0 fully saturated rings. The van der Waals surface area contributed by atoms with Crippen molar-refractivity contribution in [3.63, 3.8) is 0 Å². The Balaban J connectivity index is 2.20. The van der Waals surface area contributed by atoms with Crippen LogP contribution in [0.2, 0.25) is 0 Å². The molecule has 2 heteroatoms. The van der Waals surface area contributed by atoms with E-state index in [2.05, 4.69) is 61.5 Å². The molecule has 0 N–H and O–H groups in total. The Morgan fingerprint density at radius 3 is 2.37 bits per heavy atom. The summed E-state index contributed by atoms with van der Waals surface area (Å²) in [6.45, 7) is 6.75. The molecule has 1 nitrogen and oxygen atoms in total. The van der Waals surface area contributed by atoms with E-state index in [4.69, 9.17) is 0 Å². The van der Waals surface area contributed by atoms with Crippen molar-refractivity contribution < 1.29 is 0 Å². The van der Waals surface area contributed by atoms with Crippen molar-refractivity contribution in [2.75, 3.05) is 0 Å². The highest BCUT2D eigenvalue weighted by molar-refractivity contribution is 7.09. The minimum Gasteiger partial charge on any atom is -0.200 e. The fourth-order valence-electron chi connectivity index (χ4n) is 2.24. The quantitative estimate of drug-likeness (QED) is 0.589. The Morgan fingerprint density at radius 1 is 0.947 bits per heavy atom. The molecule has 0 saturated carbocycles. The van der Waals surface area contributed by atoms with Crippen LogP contribution in [-0.4, -0.2) is 4.37 Å². The maximum absolute atomic E-state index is 4.43. The number of aromatic nitrogens is 1. The normalized spacial score (nSPS) is 11.9. The SMILES string of the molecule is CC(C)(C)c1cc2cnsc(-c3ccccc3)c-2c1. The zero-order valence-electron chi connectivity index (χ0n) is 11.5. The van der Waals surface area contributed by atoms with Crippen LogP contribution >= 0.6 is 11.5 Å². The van der Waals surface area contributed by atoms with Crippen LogP contribution in [0.15, 0.2) is 48.7 Å². The summed E-state index contributed by atoms with van der Waals surface area (Å²) in [6.07, 6.45) is 1.97. The van der Waals surface area contributed by atoms with Crippen LogP contribution in [0.1, 0.15) is 26.3 Å². The highest BCUT2D eigenvalue weighted by atomic mass is 32.1. The molecule has 96 valence electrons. The third-order valence-electron chi connectivity index (χ3n) is 3.40. The lowest BCUT2D eigenvalue weighted by atomic mass is 9.89. The van der Waals surface area contributed by atoms with Crippen LogP contribution in [0.3, 0.4) is 0 Å². The molecule has 1 heterocycles.